The fourth-order valence-electron chi connectivity index (χ4n) is 1.66. The van der Waals surface area contributed by atoms with Crippen molar-refractivity contribution in [2.45, 2.75) is 19.9 Å². The first kappa shape index (κ1) is 11.6. The molecule has 1 atom stereocenters. The molecule has 3 heteroatoms. The second kappa shape index (κ2) is 4.58. The highest BCUT2D eigenvalue weighted by Gasteiger charge is 2.13. The highest BCUT2D eigenvalue weighted by Crippen LogP contribution is 2.29. The summed E-state index contributed by atoms with van der Waals surface area (Å²) in [6.45, 7) is 4.08. The van der Waals surface area contributed by atoms with Crippen molar-refractivity contribution in [3.05, 3.63) is 56.2 Å². The van der Waals surface area contributed by atoms with Crippen molar-refractivity contribution in [1.29, 1.82) is 0 Å². The molecule has 1 heterocycles. The van der Waals surface area contributed by atoms with Crippen LogP contribution in [0.1, 0.15) is 27.6 Å². The van der Waals surface area contributed by atoms with Crippen LogP contribution in [-0.2, 0) is 0 Å². The van der Waals surface area contributed by atoms with Gasteiger partial charge >= 0.3 is 0 Å². The minimum absolute atomic E-state index is 0.0712. The molecule has 0 saturated heterocycles. The molecule has 0 fully saturated rings. The number of nitrogens with two attached hydrogens (primary N) is 1. The number of hydrogen-bond donors (Lipinski definition) is 1. The molecule has 0 saturated carbocycles. The summed E-state index contributed by atoms with van der Waals surface area (Å²) in [5, 5.41) is 2.85. The van der Waals surface area contributed by atoms with Crippen molar-refractivity contribution in [1.82, 2.24) is 0 Å². The lowest BCUT2D eigenvalue weighted by Gasteiger charge is -2.12. The monoisotopic (exact) mass is 251 g/mol. The molecule has 0 aliphatic carbocycles. The summed E-state index contributed by atoms with van der Waals surface area (Å²) in [5.41, 5.74) is 9.63. The number of benzene rings is 1. The highest BCUT2D eigenvalue weighted by molar-refractivity contribution is 7.10. The fraction of sp³-hybridized carbons (Fsp3) is 0.231. The Morgan fingerprint density at radius 2 is 1.94 bits per heavy atom. The van der Waals surface area contributed by atoms with Gasteiger partial charge in [0.2, 0.25) is 0 Å². The van der Waals surface area contributed by atoms with E-state index in [4.69, 9.17) is 17.3 Å². The average molecular weight is 252 g/mol. The molecular formula is C13H14ClNS. The van der Waals surface area contributed by atoms with Gasteiger partial charge in [-0.2, -0.15) is 0 Å². The highest BCUT2D eigenvalue weighted by atomic mass is 35.5. The lowest BCUT2D eigenvalue weighted by Crippen LogP contribution is -2.11. The third-order valence-corrected chi connectivity index (χ3v) is 4.25. The van der Waals surface area contributed by atoms with Crippen LogP contribution in [-0.4, -0.2) is 0 Å². The second-order valence-corrected chi connectivity index (χ2v) is 5.31. The van der Waals surface area contributed by atoms with Crippen LogP contribution in [0.5, 0.6) is 0 Å². The van der Waals surface area contributed by atoms with E-state index in [0.29, 0.717) is 0 Å². The molecule has 16 heavy (non-hydrogen) atoms. The maximum Gasteiger partial charge on any atom is 0.0649 e. The first-order valence-electron chi connectivity index (χ1n) is 5.15. The molecule has 0 aliphatic rings. The molecule has 0 radical (unpaired) electrons. The Bertz CT molecular complexity index is 504. The van der Waals surface area contributed by atoms with Gasteiger partial charge in [-0.05, 0) is 48.1 Å². The van der Waals surface area contributed by atoms with Crippen molar-refractivity contribution < 1.29 is 0 Å². The van der Waals surface area contributed by atoms with Crippen LogP contribution in [0.3, 0.4) is 0 Å². The molecule has 0 amide bonds. The zero-order chi connectivity index (χ0) is 11.7. The molecule has 1 unspecified atom stereocenters. The molecule has 1 nitrogen and oxygen atoms in total. The average Bonchev–Trinajstić information content (AvgIpc) is 2.67. The molecular weight excluding hydrogens is 238 g/mol. The lowest BCUT2D eigenvalue weighted by molar-refractivity contribution is 0.884. The third kappa shape index (κ3) is 2.14. The quantitative estimate of drug-likeness (QED) is 0.856. The molecule has 2 aromatic rings. The Morgan fingerprint density at radius 3 is 2.50 bits per heavy atom. The first-order valence-corrected chi connectivity index (χ1v) is 6.41. The van der Waals surface area contributed by atoms with Crippen LogP contribution < -0.4 is 5.73 Å². The largest absolute Gasteiger partial charge is 0.320 e. The molecule has 1 aromatic carbocycles. The van der Waals surface area contributed by atoms with Crippen LogP contribution in [0.15, 0.2) is 29.6 Å². The lowest BCUT2D eigenvalue weighted by atomic mass is 10.0. The van der Waals surface area contributed by atoms with Crippen molar-refractivity contribution in [2.24, 2.45) is 5.73 Å². The SMILES string of the molecule is Cc1ccc(C(N)c2sccc2C)cc1Cl. The summed E-state index contributed by atoms with van der Waals surface area (Å²) in [6, 6.07) is 8.04. The predicted molar refractivity (Wildman–Crippen MR) is 71.3 cm³/mol. The Balaban J connectivity index is 2.38. The van der Waals surface area contributed by atoms with E-state index < -0.39 is 0 Å². The van der Waals surface area contributed by atoms with Gasteiger partial charge in [0, 0.05) is 9.90 Å². The molecule has 1 aromatic heterocycles. The normalized spacial score (nSPS) is 12.8. The summed E-state index contributed by atoms with van der Waals surface area (Å²) in [7, 11) is 0. The van der Waals surface area contributed by atoms with Crippen LogP contribution in [0, 0.1) is 13.8 Å². The van der Waals surface area contributed by atoms with Crippen molar-refractivity contribution in [2.75, 3.05) is 0 Å². The molecule has 2 rings (SSSR count). The summed E-state index contributed by atoms with van der Waals surface area (Å²) in [6.07, 6.45) is 0. The molecule has 0 aliphatic heterocycles. The van der Waals surface area contributed by atoms with Gasteiger partial charge in [0.05, 0.1) is 6.04 Å². The van der Waals surface area contributed by atoms with Crippen molar-refractivity contribution >= 4 is 22.9 Å². The van der Waals surface area contributed by atoms with E-state index in [1.54, 1.807) is 11.3 Å². The minimum Gasteiger partial charge on any atom is -0.320 e. The van der Waals surface area contributed by atoms with Crippen LogP contribution in [0.25, 0.3) is 0 Å². The van der Waals surface area contributed by atoms with E-state index in [1.807, 2.05) is 25.1 Å². The van der Waals surface area contributed by atoms with Gasteiger partial charge in [0.15, 0.2) is 0 Å². The van der Waals surface area contributed by atoms with E-state index >= 15 is 0 Å². The maximum atomic E-state index is 6.23. The first-order chi connectivity index (χ1) is 7.59. The van der Waals surface area contributed by atoms with E-state index in [2.05, 4.69) is 18.4 Å². The molecule has 2 N–H and O–H groups in total. The van der Waals surface area contributed by atoms with Crippen LogP contribution >= 0.6 is 22.9 Å². The minimum atomic E-state index is -0.0712. The Hall–Kier alpha value is -0.830. The zero-order valence-electron chi connectivity index (χ0n) is 9.33. The summed E-state index contributed by atoms with van der Waals surface area (Å²) in [4.78, 5) is 1.21. The van der Waals surface area contributed by atoms with E-state index in [0.717, 1.165) is 16.1 Å². The maximum absolute atomic E-state index is 6.23. The van der Waals surface area contributed by atoms with Gasteiger partial charge in [-0.3, -0.25) is 0 Å². The van der Waals surface area contributed by atoms with Gasteiger partial charge in [-0.15, -0.1) is 11.3 Å². The van der Waals surface area contributed by atoms with E-state index in [-0.39, 0.29) is 6.04 Å². The second-order valence-electron chi connectivity index (χ2n) is 3.95. The Morgan fingerprint density at radius 1 is 1.19 bits per heavy atom. The molecule has 0 spiro atoms. The predicted octanol–water partition coefficient (Wildman–Crippen LogP) is 4.07. The van der Waals surface area contributed by atoms with Gasteiger partial charge in [-0.25, -0.2) is 0 Å². The van der Waals surface area contributed by atoms with Gasteiger partial charge in [-0.1, -0.05) is 23.7 Å². The van der Waals surface area contributed by atoms with Gasteiger partial charge in [0.1, 0.15) is 0 Å². The summed E-state index contributed by atoms with van der Waals surface area (Å²) >= 11 is 7.80. The molecule has 84 valence electrons. The van der Waals surface area contributed by atoms with E-state index in [9.17, 15) is 0 Å². The van der Waals surface area contributed by atoms with Crippen molar-refractivity contribution in [3.63, 3.8) is 0 Å². The number of rotatable bonds is 2. The smallest absolute Gasteiger partial charge is 0.0649 e. The van der Waals surface area contributed by atoms with Crippen LogP contribution in [0.4, 0.5) is 0 Å². The van der Waals surface area contributed by atoms with E-state index in [1.165, 1.54) is 10.4 Å². The van der Waals surface area contributed by atoms with Crippen molar-refractivity contribution in [3.8, 4) is 0 Å². The number of aryl methyl sites for hydroxylation is 2. The number of halogens is 1. The number of thiophene rings is 1. The Labute approximate surface area is 105 Å². The van der Waals surface area contributed by atoms with Crippen LogP contribution in [0.2, 0.25) is 5.02 Å². The standard InChI is InChI=1S/C13H14ClNS/c1-8-3-4-10(7-11(8)14)12(15)13-9(2)5-6-16-13/h3-7,12H,15H2,1-2H3. The molecule has 0 bridgehead atoms. The van der Waals surface area contributed by atoms with Gasteiger partial charge < -0.3 is 5.73 Å². The number of hydrogen-bond acceptors (Lipinski definition) is 2. The third-order valence-electron chi connectivity index (χ3n) is 2.74. The summed E-state index contributed by atoms with van der Waals surface area (Å²) < 4.78 is 0. The topological polar surface area (TPSA) is 26.0 Å². The summed E-state index contributed by atoms with van der Waals surface area (Å²) in [5.74, 6) is 0. The fourth-order valence-corrected chi connectivity index (χ4v) is 2.80. The van der Waals surface area contributed by atoms with Gasteiger partial charge in [0.25, 0.3) is 0 Å². The zero-order valence-corrected chi connectivity index (χ0v) is 10.9. The Kier molecular flexibility index (Phi) is 3.33.